The Balaban J connectivity index is 1.27. The normalized spacial score (nSPS) is 25.5. The third-order valence-corrected chi connectivity index (χ3v) is 6.53. The minimum Gasteiger partial charge on any atom is -0.458 e. The minimum absolute atomic E-state index is 0.113. The highest BCUT2D eigenvalue weighted by molar-refractivity contribution is 7.22. The number of fused-ring (bicyclic) bond motifs is 1. The Morgan fingerprint density at radius 2 is 2.07 bits per heavy atom. The van der Waals surface area contributed by atoms with E-state index in [0.29, 0.717) is 0 Å². The summed E-state index contributed by atoms with van der Waals surface area (Å²) in [6.07, 6.45) is 12.9. The number of hydrogen-bond acceptors (Lipinski definition) is 6. The van der Waals surface area contributed by atoms with Crippen LogP contribution in [0.2, 0.25) is 0 Å². The summed E-state index contributed by atoms with van der Waals surface area (Å²) in [4.78, 5) is 7.04. The number of aliphatic hydroxyl groups is 1. The number of rotatable bonds is 5. The van der Waals surface area contributed by atoms with Crippen molar-refractivity contribution in [3.8, 4) is 5.75 Å². The second-order valence-corrected chi connectivity index (χ2v) is 8.73. The van der Waals surface area contributed by atoms with E-state index in [4.69, 9.17) is 4.74 Å². The van der Waals surface area contributed by atoms with E-state index in [1.165, 1.54) is 19.3 Å². The molecule has 1 aliphatic heterocycles. The average molecular weight is 384 g/mol. The van der Waals surface area contributed by atoms with Crippen molar-refractivity contribution < 1.29 is 9.84 Å². The van der Waals surface area contributed by atoms with E-state index >= 15 is 0 Å². The van der Waals surface area contributed by atoms with Crippen LogP contribution >= 0.6 is 11.3 Å². The van der Waals surface area contributed by atoms with Crippen LogP contribution in [-0.2, 0) is 0 Å². The van der Waals surface area contributed by atoms with Gasteiger partial charge in [-0.1, -0.05) is 24.2 Å². The predicted octanol–water partition coefficient (Wildman–Crippen LogP) is 4.27. The zero-order chi connectivity index (χ0) is 18.2. The van der Waals surface area contributed by atoms with Gasteiger partial charge in [0.1, 0.15) is 11.5 Å². The maximum Gasteiger partial charge on any atom is 0.184 e. The van der Waals surface area contributed by atoms with Gasteiger partial charge in [0.2, 0.25) is 0 Å². The van der Waals surface area contributed by atoms with Crippen LogP contribution < -0.4 is 10.1 Å². The maximum absolute atomic E-state index is 10.2. The first-order valence-corrected chi connectivity index (χ1v) is 10.7. The highest BCUT2D eigenvalue weighted by Crippen LogP contribution is 2.33. The van der Waals surface area contributed by atoms with Gasteiger partial charge in [-0.25, -0.2) is 4.98 Å². The van der Waals surface area contributed by atoms with Gasteiger partial charge >= 0.3 is 0 Å². The second-order valence-electron chi connectivity index (χ2n) is 7.70. The molecular weight excluding hydrogens is 358 g/mol. The Hall–Kier alpha value is -2.05. The molecule has 2 fully saturated rings. The first kappa shape index (κ1) is 17.1. The third-order valence-electron chi connectivity index (χ3n) is 5.58. The lowest BCUT2D eigenvalue weighted by atomic mass is 9.93. The van der Waals surface area contributed by atoms with Crippen molar-refractivity contribution in [3.05, 3.63) is 42.3 Å². The van der Waals surface area contributed by atoms with E-state index in [9.17, 15) is 5.11 Å². The highest BCUT2D eigenvalue weighted by Gasteiger charge is 2.27. The molecule has 142 valence electrons. The van der Waals surface area contributed by atoms with E-state index in [0.717, 1.165) is 58.7 Å². The van der Waals surface area contributed by atoms with E-state index in [-0.39, 0.29) is 12.1 Å². The summed E-state index contributed by atoms with van der Waals surface area (Å²) < 4.78 is 7.15. The molecule has 2 N–H and O–H groups in total. The number of thiazole rings is 1. The SMILES string of the molecule is O[C@@H]1CCCC[C@H]1Nc1nc2ccc(OC3=CCN(C4CC4)C=C3)cc2s1. The summed E-state index contributed by atoms with van der Waals surface area (Å²) in [5.74, 6) is 1.74. The van der Waals surface area contributed by atoms with Crippen molar-refractivity contribution in [1.82, 2.24) is 9.88 Å². The van der Waals surface area contributed by atoms with Crippen molar-refractivity contribution in [2.75, 3.05) is 11.9 Å². The summed E-state index contributed by atoms with van der Waals surface area (Å²) in [7, 11) is 0. The molecule has 2 aromatic rings. The number of aliphatic hydroxyl groups excluding tert-OH is 1. The zero-order valence-corrected chi connectivity index (χ0v) is 16.1. The van der Waals surface area contributed by atoms with E-state index < -0.39 is 0 Å². The first-order chi connectivity index (χ1) is 13.2. The van der Waals surface area contributed by atoms with Gasteiger partial charge < -0.3 is 20.1 Å². The van der Waals surface area contributed by atoms with E-state index in [2.05, 4.69) is 39.6 Å². The van der Waals surface area contributed by atoms with Crippen molar-refractivity contribution >= 4 is 26.7 Å². The Morgan fingerprint density at radius 1 is 1.19 bits per heavy atom. The Kier molecular flexibility index (Phi) is 4.53. The lowest BCUT2D eigenvalue weighted by molar-refractivity contribution is 0.116. The molecule has 2 aliphatic carbocycles. The molecule has 6 heteroatoms. The molecular formula is C21H25N3O2S. The number of aromatic nitrogens is 1. The molecule has 1 aromatic carbocycles. The molecule has 0 bridgehead atoms. The fraction of sp³-hybridized carbons (Fsp3) is 0.476. The van der Waals surface area contributed by atoms with Crippen LogP contribution in [0.5, 0.6) is 5.75 Å². The van der Waals surface area contributed by atoms with Crippen LogP contribution in [0.25, 0.3) is 10.2 Å². The Labute approximate surface area is 163 Å². The molecule has 2 saturated carbocycles. The van der Waals surface area contributed by atoms with Crippen molar-refractivity contribution in [2.45, 2.75) is 56.7 Å². The van der Waals surface area contributed by atoms with Crippen molar-refractivity contribution in [1.29, 1.82) is 0 Å². The highest BCUT2D eigenvalue weighted by atomic mass is 32.1. The number of benzene rings is 1. The number of anilines is 1. The lowest BCUT2D eigenvalue weighted by Crippen LogP contribution is -2.36. The molecule has 0 unspecified atom stereocenters. The van der Waals surface area contributed by atoms with Gasteiger partial charge in [-0.3, -0.25) is 0 Å². The van der Waals surface area contributed by atoms with Crippen LogP contribution in [0, 0.1) is 0 Å². The van der Waals surface area contributed by atoms with Crippen molar-refractivity contribution in [2.24, 2.45) is 0 Å². The summed E-state index contributed by atoms with van der Waals surface area (Å²) in [5.41, 5.74) is 0.966. The zero-order valence-electron chi connectivity index (χ0n) is 15.3. The first-order valence-electron chi connectivity index (χ1n) is 9.92. The number of allylic oxidation sites excluding steroid dienone is 1. The van der Waals surface area contributed by atoms with Crippen molar-refractivity contribution in [3.63, 3.8) is 0 Å². The molecule has 0 amide bonds. The largest absolute Gasteiger partial charge is 0.458 e. The fourth-order valence-corrected chi connectivity index (χ4v) is 4.81. The molecule has 5 nitrogen and oxygen atoms in total. The molecule has 0 radical (unpaired) electrons. The second kappa shape index (κ2) is 7.17. The average Bonchev–Trinajstić information content (AvgIpc) is 3.45. The van der Waals surface area contributed by atoms with Crippen LogP contribution in [0.1, 0.15) is 38.5 Å². The standard InChI is InChI=1S/C21H25N3O2S/c25-19-4-2-1-3-17(19)22-21-23-18-8-7-16(13-20(18)27-21)26-15-9-11-24(12-10-15)14-5-6-14/h7-11,13-14,17,19,25H,1-6,12H2,(H,22,23)/t17-,19-/m1/s1. The van der Waals surface area contributed by atoms with Crippen LogP contribution in [0.3, 0.4) is 0 Å². The molecule has 27 heavy (non-hydrogen) atoms. The quantitative estimate of drug-likeness (QED) is 0.808. The molecule has 0 saturated heterocycles. The minimum atomic E-state index is -0.273. The van der Waals surface area contributed by atoms with Gasteiger partial charge in [0, 0.05) is 24.9 Å². The number of ether oxygens (including phenoxy) is 1. The smallest absolute Gasteiger partial charge is 0.184 e. The molecule has 5 rings (SSSR count). The molecule has 2 atom stereocenters. The number of hydrogen-bond donors (Lipinski definition) is 2. The molecule has 2 heterocycles. The summed E-state index contributed by atoms with van der Waals surface area (Å²) in [5, 5.41) is 14.5. The van der Waals surface area contributed by atoms with Crippen LogP contribution in [-0.4, -0.2) is 39.7 Å². The van der Waals surface area contributed by atoms with Crippen LogP contribution in [0.4, 0.5) is 5.13 Å². The maximum atomic E-state index is 10.2. The van der Waals surface area contributed by atoms with Gasteiger partial charge in [-0.2, -0.15) is 0 Å². The van der Waals surface area contributed by atoms with Gasteiger partial charge in [0.05, 0.1) is 22.4 Å². The Morgan fingerprint density at radius 3 is 2.85 bits per heavy atom. The fourth-order valence-electron chi connectivity index (χ4n) is 3.85. The summed E-state index contributed by atoms with van der Waals surface area (Å²) in [6, 6.07) is 6.89. The Bertz CT molecular complexity index is 887. The molecule has 0 spiro atoms. The van der Waals surface area contributed by atoms with Gasteiger partial charge in [-0.05, 0) is 50.0 Å². The van der Waals surface area contributed by atoms with Gasteiger partial charge in [0.15, 0.2) is 5.13 Å². The monoisotopic (exact) mass is 383 g/mol. The third kappa shape index (κ3) is 3.82. The van der Waals surface area contributed by atoms with E-state index in [1.54, 1.807) is 11.3 Å². The van der Waals surface area contributed by atoms with Gasteiger partial charge in [0.25, 0.3) is 0 Å². The van der Waals surface area contributed by atoms with E-state index in [1.807, 2.05) is 12.1 Å². The predicted molar refractivity (Wildman–Crippen MR) is 109 cm³/mol. The number of nitrogens with one attached hydrogen (secondary N) is 1. The lowest BCUT2D eigenvalue weighted by Gasteiger charge is -2.27. The molecule has 3 aliphatic rings. The molecule has 1 aromatic heterocycles. The number of nitrogens with zero attached hydrogens (tertiary/aromatic N) is 2. The summed E-state index contributed by atoms with van der Waals surface area (Å²) in [6.45, 7) is 0.928. The van der Waals surface area contributed by atoms with Gasteiger partial charge in [-0.15, -0.1) is 0 Å². The topological polar surface area (TPSA) is 57.6 Å². The summed E-state index contributed by atoms with van der Waals surface area (Å²) >= 11 is 1.62. The van der Waals surface area contributed by atoms with Crippen LogP contribution in [0.15, 0.2) is 42.3 Å².